The van der Waals surface area contributed by atoms with Crippen LogP contribution in [0.3, 0.4) is 0 Å². The van der Waals surface area contributed by atoms with Gasteiger partial charge in [0.05, 0.1) is 53.7 Å². The molecule has 0 saturated carbocycles. The number of alkyl halides is 3. The molecule has 11 nitrogen and oxygen atoms in total. The molecule has 2 N–H and O–H groups in total. The van der Waals surface area contributed by atoms with Crippen LogP contribution in [0.5, 0.6) is 0 Å². The minimum Gasteiger partial charge on any atom is -0.437 e. The fourth-order valence-electron chi connectivity index (χ4n) is 5.81. The van der Waals surface area contributed by atoms with Crippen LogP contribution >= 0.6 is 0 Å². The number of carbonyl (C=O) groups is 1. The van der Waals surface area contributed by atoms with Crippen LogP contribution in [0.1, 0.15) is 51.7 Å². The first-order chi connectivity index (χ1) is 23.9. The predicted octanol–water partition coefficient (Wildman–Crippen LogP) is 4.61. The Morgan fingerprint density at radius 1 is 1.02 bits per heavy atom. The number of quaternary nitrogens is 1. The number of carbonyl (C=O) groups excluding carboxylic acids is 1. The first-order valence-corrected chi connectivity index (χ1v) is 15.6. The highest BCUT2D eigenvalue weighted by molar-refractivity contribution is 6.00. The molecule has 6 aromatic rings. The van der Waals surface area contributed by atoms with Gasteiger partial charge in [-0.05, 0) is 55.5 Å². The number of nitrogens with one attached hydrogen (secondary N) is 2. The van der Waals surface area contributed by atoms with Gasteiger partial charge in [-0.15, -0.1) is 0 Å². The van der Waals surface area contributed by atoms with Crippen molar-refractivity contribution in [3.05, 3.63) is 142 Å². The Labute approximate surface area is 284 Å². The third-order valence-electron chi connectivity index (χ3n) is 8.15. The zero-order chi connectivity index (χ0) is 35.6. The molecule has 2 atom stereocenters. The van der Waals surface area contributed by atoms with Crippen molar-refractivity contribution in [3.63, 3.8) is 0 Å². The Kier molecular flexibility index (Phi) is 9.25. The highest BCUT2D eigenvalue weighted by Gasteiger charge is 2.33. The van der Waals surface area contributed by atoms with E-state index in [9.17, 15) is 28.0 Å². The quantitative estimate of drug-likeness (QED) is 0.218. The average molecular weight is 682 g/mol. The highest BCUT2D eigenvalue weighted by atomic mass is 19.4. The summed E-state index contributed by atoms with van der Waals surface area (Å²) >= 11 is 0. The molecule has 0 saturated heterocycles. The number of oxazole rings is 1. The number of amides is 1. The van der Waals surface area contributed by atoms with Gasteiger partial charge in [-0.3, -0.25) is 14.3 Å². The Bertz CT molecular complexity index is 2240. The average Bonchev–Trinajstić information content (AvgIpc) is 3.83. The second-order valence-corrected chi connectivity index (χ2v) is 11.9. The lowest BCUT2D eigenvalue weighted by Gasteiger charge is -2.14. The van der Waals surface area contributed by atoms with E-state index in [4.69, 9.17) is 4.42 Å². The number of benzene rings is 3. The molecule has 3 heterocycles. The van der Waals surface area contributed by atoms with Crippen LogP contribution in [0.2, 0.25) is 0 Å². The van der Waals surface area contributed by atoms with Crippen molar-refractivity contribution < 1.29 is 27.3 Å². The summed E-state index contributed by atoms with van der Waals surface area (Å²) in [5.74, 6) is 0.0327. The van der Waals surface area contributed by atoms with Gasteiger partial charge in [0.25, 0.3) is 11.5 Å². The lowest BCUT2D eigenvalue weighted by atomic mass is 10.1. The SMILES string of the molecule is C[C@H](NC(=O)c1c(-c2ccnn2-c2ccc(C#N)cc2)n(C)n(-c2cccc(C(F)(F)F)c2)c1=O)c1ncc(C[NH+](C)Cc2ccccc2)o1. The van der Waals surface area contributed by atoms with Crippen LogP contribution in [-0.2, 0) is 26.3 Å². The predicted molar refractivity (Wildman–Crippen MR) is 176 cm³/mol. The largest absolute Gasteiger partial charge is 0.437 e. The van der Waals surface area contributed by atoms with E-state index in [0.717, 1.165) is 28.3 Å². The third kappa shape index (κ3) is 6.85. The van der Waals surface area contributed by atoms with E-state index in [-0.39, 0.29) is 22.8 Å². The highest BCUT2D eigenvalue weighted by Crippen LogP contribution is 2.31. The molecular formula is C36H32F3N8O3+. The molecule has 0 aliphatic heterocycles. The van der Waals surface area contributed by atoms with Crippen LogP contribution < -0.4 is 15.8 Å². The molecule has 0 spiro atoms. The van der Waals surface area contributed by atoms with Crippen LogP contribution in [0.4, 0.5) is 13.2 Å². The molecule has 1 unspecified atom stereocenters. The van der Waals surface area contributed by atoms with Gasteiger partial charge < -0.3 is 14.6 Å². The number of aromatic nitrogens is 5. The Hall–Kier alpha value is -6.20. The van der Waals surface area contributed by atoms with Gasteiger partial charge in [0.1, 0.15) is 30.4 Å². The molecule has 3 aromatic heterocycles. The molecule has 0 fully saturated rings. The molecular weight excluding hydrogens is 649 g/mol. The molecule has 14 heteroatoms. The fraction of sp³-hybridized carbons (Fsp3) is 0.194. The number of rotatable bonds is 10. The maximum atomic E-state index is 14.1. The van der Waals surface area contributed by atoms with Crippen molar-refractivity contribution in [1.29, 1.82) is 5.26 Å². The maximum absolute atomic E-state index is 14.1. The normalized spacial score (nSPS) is 12.7. The number of halogens is 3. The molecule has 50 heavy (non-hydrogen) atoms. The van der Waals surface area contributed by atoms with Crippen molar-refractivity contribution in [2.75, 3.05) is 7.05 Å². The second kappa shape index (κ2) is 13.7. The van der Waals surface area contributed by atoms with Gasteiger partial charge in [0.15, 0.2) is 5.76 Å². The molecule has 0 aliphatic carbocycles. The van der Waals surface area contributed by atoms with Crippen molar-refractivity contribution in [3.8, 4) is 28.8 Å². The zero-order valence-corrected chi connectivity index (χ0v) is 27.3. The molecule has 3 aromatic carbocycles. The van der Waals surface area contributed by atoms with Gasteiger partial charge in [-0.25, -0.2) is 14.3 Å². The van der Waals surface area contributed by atoms with Crippen molar-refractivity contribution >= 4 is 5.91 Å². The maximum Gasteiger partial charge on any atom is 0.416 e. The van der Waals surface area contributed by atoms with E-state index in [1.54, 1.807) is 43.5 Å². The number of nitrogens with zero attached hydrogens (tertiary/aromatic N) is 6. The topological polar surface area (TPSA) is 128 Å². The summed E-state index contributed by atoms with van der Waals surface area (Å²) in [5, 5.41) is 16.4. The van der Waals surface area contributed by atoms with Crippen LogP contribution in [0.15, 0.2) is 107 Å². The van der Waals surface area contributed by atoms with Gasteiger partial charge in [0, 0.05) is 12.6 Å². The Morgan fingerprint density at radius 3 is 2.46 bits per heavy atom. The summed E-state index contributed by atoms with van der Waals surface area (Å²) < 4.78 is 50.8. The zero-order valence-electron chi connectivity index (χ0n) is 27.3. The van der Waals surface area contributed by atoms with E-state index in [0.29, 0.717) is 29.2 Å². The van der Waals surface area contributed by atoms with Crippen LogP contribution in [0, 0.1) is 11.3 Å². The summed E-state index contributed by atoms with van der Waals surface area (Å²) in [6, 6.07) is 23.6. The molecule has 0 aliphatic rings. The minimum atomic E-state index is -4.66. The van der Waals surface area contributed by atoms with E-state index in [1.165, 1.54) is 40.3 Å². The van der Waals surface area contributed by atoms with Gasteiger partial charge in [0.2, 0.25) is 5.89 Å². The minimum absolute atomic E-state index is 0.0930. The second-order valence-electron chi connectivity index (χ2n) is 11.9. The van der Waals surface area contributed by atoms with Gasteiger partial charge in [-0.2, -0.15) is 23.5 Å². The molecule has 0 radical (unpaired) electrons. The van der Waals surface area contributed by atoms with Crippen molar-refractivity contribution in [2.45, 2.75) is 32.2 Å². The van der Waals surface area contributed by atoms with Crippen molar-refractivity contribution in [2.24, 2.45) is 7.05 Å². The lowest BCUT2D eigenvalue weighted by molar-refractivity contribution is -0.908. The van der Waals surface area contributed by atoms with Gasteiger partial charge in [-0.1, -0.05) is 36.4 Å². The number of hydrogen-bond donors (Lipinski definition) is 2. The smallest absolute Gasteiger partial charge is 0.416 e. The first-order valence-electron chi connectivity index (χ1n) is 15.6. The third-order valence-corrected chi connectivity index (χ3v) is 8.15. The summed E-state index contributed by atoms with van der Waals surface area (Å²) in [5.41, 5.74) is 0.282. The standard InChI is InChI=1S/C36H31F3N8O3/c1-23(34-41-20-29(50-34)22-44(2)21-25-8-5-4-6-9-25)43-33(48)31-32(30-16-17-42-46(30)27-14-12-24(19-40)13-15-27)45(3)47(35(31)49)28-11-7-10-26(18-28)36(37,38)39/h4-18,20,23H,21-22H2,1-3H3,(H,43,48)/p+1/t23-/m0/s1. The number of nitriles is 1. The summed E-state index contributed by atoms with van der Waals surface area (Å²) in [7, 11) is 3.50. The molecule has 0 bridgehead atoms. The summed E-state index contributed by atoms with van der Waals surface area (Å²) in [6.45, 7) is 2.95. The summed E-state index contributed by atoms with van der Waals surface area (Å²) in [4.78, 5) is 33.7. The van der Waals surface area contributed by atoms with E-state index in [1.807, 2.05) is 43.4 Å². The first kappa shape index (κ1) is 33.7. The Balaban J connectivity index is 1.36. The van der Waals surface area contributed by atoms with E-state index < -0.39 is 29.2 Å². The Morgan fingerprint density at radius 2 is 1.76 bits per heavy atom. The van der Waals surface area contributed by atoms with E-state index >= 15 is 0 Å². The number of hydrogen-bond acceptors (Lipinski definition) is 6. The van der Waals surface area contributed by atoms with E-state index in [2.05, 4.69) is 15.4 Å². The lowest BCUT2D eigenvalue weighted by Crippen LogP contribution is -3.06. The van der Waals surface area contributed by atoms with Gasteiger partial charge >= 0.3 is 6.18 Å². The van der Waals surface area contributed by atoms with Crippen LogP contribution in [-0.4, -0.2) is 37.1 Å². The fourth-order valence-corrected chi connectivity index (χ4v) is 5.81. The monoisotopic (exact) mass is 681 g/mol. The molecule has 6 rings (SSSR count). The molecule has 254 valence electrons. The van der Waals surface area contributed by atoms with Crippen LogP contribution in [0.25, 0.3) is 22.8 Å². The molecule has 1 amide bonds. The summed E-state index contributed by atoms with van der Waals surface area (Å²) in [6.07, 6.45) is -1.60. The van der Waals surface area contributed by atoms with Crippen molar-refractivity contribution in [1.82, 2.24) is 29.4 Å².